The van der Waals surface area contributed by atoms with E-state index in [1.54, 1.807) is 14.0 Å². The molecule has 2 rings (SSSR count). The molecule has 1 aromatic carbocycles. The van der Waals surface area contributed by atoms with Crippen LogP contribution < -0.4 is 10.6 Å². The highest BCUT2D eigenvalue weighted by atomic mass is 16.5. The Bertz CT molecular complexity index is 664. The molecule has 0 saturated carbocycles. The quantitative estimate of drug-likeness (QED) is 0.615. The van der Waals surface area contributed by atoms with Crippen LogP contribution in [0.5, 0.6) is 0 Å². The molecule has 7 nitrogen and oxygen atoms in total. The minimum absolute atomic E-state index is 0.355. The number of rotatable bonds is 7. The van der Waals surface area contributed by atoms with Gasteiger partial charge in [-0.1, -0.05) is 18.2 Å². The van der Waals surface area contributed by atoms with Crippen LogP contribution in [0.2, 0.25) is 0 Å². The number of hydrogen-bond acceptors (Lipinski definition) is 4. The van der Waals surface area contributed by atoms with Gasteiger partial charge in [-0.15, -0.1) is 0 Å². The topological polar surface area (TPSA) is 95.8 Å². The van der Waals surface area contributed by atoms with Crippen molar-refractivity contribution < 1.29 is 19.7 Å². The number of aliphatic hydroxyl groups is 2. The van der Waals surface area contributed by atoms with Crippen LogP contribution in [0.4, 0.5) is 10.5 Å². The molecule has 2 aromatic rings. The number of anilines is 1. The van der Waals surface area contributed by atoms with Crippen molar-refractivity contribution >= 4 is 22.6 Å². The maximum absolute atomic E-state index is 12.1. The summed E-state index contributed by atoms with van der Waals surface area (Å²) in [5.41, 5.74) is 0.581. The number of nitrogens with one attached hydrogen (secondary N) is 2. The number of aliphatic hydroxyl groups excluding tert-OH is 2. The molecular formula is C16H23N3O4. The third-order valence-corrected chi connectivity index (χ3v) is 3.69. The van der Waals surface area contributed by atoms with Crippen LogP contribution >= 0.6 is 0 Å². The number of methoxy groups -OCH3 is 1. The fraction of sp³-hybridized carbons (Fsp3) is 0.438. The lowest BCUT2D eigenvalue weighted by atomic mass is 10.1. The Balaban J connectivity index is 2.21. The summed E-state index contributed by atoms with van der Waals surface area (Å²) < 4.78 is 7.11. The van der Waals surface area contributed by atoms with Gasteiger partial charge >= 0.3 is 6.03 Å². The number of benzene rings is 1. The lowest BCUT2D eigenvalue weighted by Gasteiger charge is -2.26. The molecule has 0 saturated heterocycles. The minimum Gasteiger partial charge on any atom is -0.394 e. The van der Waals surface area contributed by atoms with Crippen molar-refractivity contribution in [3.63, 3.8) is 0 Å². The molecular weight excluding hydrogens is 298 g/mol. The molecule has 0 unspecified atom stereocenters. The zero-order valence-corrected chi connectivity index (χ0v) is 13.4. The van der Waals surface area contributed by atoms with Crippen LogP contribution in [-0.4, -0.2) is 53.3 Å². The molecule has 0 atom stereocenters. The number of carbonyl (C=O) groups is 1. The van der Waals surface area contributed by atoms with Crippen molar-refractivity contribution in [3.8, 4) is 0 Å². The molecule has 1 heterocycles. The van der Waals surface area contributed by atoms with Gasteiger partial charge in [0.25, 0.3) is 0 Å². The van der Waals surface area contributed by atoms with E-state index in [9.17, 15) is 15.0 Å². The highest BCUT2D eigenvalue weighted by Gasteiger charge is 2.25. The average molecular weight is 321 g/mol. The lowest BCUT2D eigenvalue weighted by molar-refractivity contribution is 0.111. The standard InChI is InChI=1S/C16H23N3O4/c1-16(10-20,11-21)18-15(22)17-13-9-19(7-8-23-2)14-6-4-3-5-12(13)14/h3-6,9,20-21H,7-8,10-11H2,1-2H3,(H2,17,18,22). The van der Waals surface area contributed by atoms with Crippen LogP contribution in [0.15, 0.2) is 30.5 Å². The number of ether oxygens (including phenoxy) is 1. The van der Waals surface area contributed by atoms with Gasteiger partial charge in [0.05, 0.1) is 36.6 Å². The Labute approximate surface area is 134 Å². The zero-order valence-electron chi connectivity index (χ0n) is 13.4. The van der Waals surface area contributed by atoms with Gasteiger partial charge in [0.1, 0.15) is 0 Å². The number of para-hydroxylation sites is 1. The second-order valence-corrected chi connectivity index (χ2v) is 5.70. The van der Waals surface area contributed by atoms with Crippen LogP contribution in [0, 0.1) is 0 Å². The van der Waals surface area contributed by atoms with Gasteiger partial charge in [0, 0.05) is 25.2 Å². The summed E-state index contributed by atoms with van der Waals surface area (Å²) in [6.45, 7) is 2.09. The van der Waals surface area contributed by atoms with E-state index in [1.807, 2.05) is 35.0 Å². The third-order valence-electron chi connectivity index (χ3n) is 3.69. The first-order valence-corrected chi connectivity index (χ1v) is 7.40. The number of fused-ring (bicyclic) bond motifs is 1. The molecule has 0 aliphatic heterocycles. The van der Waals surface area contributed by atoms with Gasteiger partial charge in [-0.2, -0.15) is 0 Å². The normalized spacial score (nSPS) is 11.7. The van der Waals surface area contributed by atoms with E-state index in [0.29, 0.717) is 18.8 Å². The van der Waals surface area contributed by atoms with E-state index in [1.165, 1.54) is 0 Å². The van der Waals surface area contributed by atoms with Crippen molar-refractivity contribution in [2.45, 2.75) is 19.0 Å². The van der Waals surface area contributed by atoms with Crippen molar-refractivity contribution in [3.05, 3.63) is 30.5 Å². The van der Waals surface area contributed by atoms with Gasteiger partial charge in [0.15, 0.2) is 0 Å². The summed E-state index contributed by atoms with van der Waals surface area (Å²) >= 11 is 0. The lowest BCUT2D eigenvalue weighted by Crippen LogP contribution is -2.53. The molecule has 7 heteroatoms. The third kappa shape index (κ3) is 4.01. The maximum atomic E-state index is 12.1. The maximum Gasteiger partial charge on any atom is 0.319 e. The molecule has 1 aromatic heterocycles. The number of urea groups is 1. The Morgan fingerprint density at radius 2 is 2.00 bits per heavy atom. The first-order valence-electron chi connectivity index (χ1n) is 7.40. The molecule has 0 aliphatic rings. The van der Waals surface area contributed by atoms with E-state index in [0.717, 1.165) is 10.9 Å². The van der Waals surface area contributed by atoms with Crippen molar-refractivity contribution in [1.29, 1.82) is 0 Å². The molecule has 0 bridgehead atoms. The largest absolute Gasteiger partial charge is 0.394 e. The SMILES string of the molecule is COCCn1cc(NC(=O)NC(C)(CO)CO)c2ccccc21. The average Bonchev–Trinajstić information content (AvgIpc) is 2.90. The molecule has 126 valence electrons. The Morgan fingerprint density at radius 3 is 2.65 bits per heavy atom. The van der Waals surface area contributed by atoms with Crippen LogP contribution in [0.25, 0.3) is 10.9 Å². The first kappa shape index (κ1) is 17.3. The number of hydrogen-bond donors (Lipinski definition) is 4. The highest BCUT2D eigenvalue weighted by Crippen LogP contribution is 2.25. The zero-order chi connectivity index (χ0) is 16.9. The van der Waals surface area contributed by atoms with Crippen molar-refractivity contribution in [1.82, 2.24) is 9.88 Å². The molecule has 4 N–H and O–H groups in total. The Morgan fingerprint density at radius 1 is 1.30 bits per heavy atom. The minimum atomic E-state index is -1.07. The van der Waals surface area contributed by atoms with Crippen LogP contribution in [0.1, 0.15) is 6.92 Å². The van der Waals surface area contributed by atoms with Gasteiger partial charge in [-0.25, -0.2) is 4.79 Å². The van der Waals surface area contributed by atoms with Gasteiger partial charge < -0.3 is 30.2 Å². The summed E-state index contributed by atoms with van der Waals surface area (Å²) in [6.07, 6.45) is 1.85. The fourth-order valence-corrected chi connectivity index (χ4v) is 2.28. The van der Waals surface area contributed by atoms with E-state index < -0.39 is 11.6 Å². The predicted octanol–water partition coefficient (Wildman–Crippen LogP) is 1.15. The smallest absolute Gasteiger partial charge is 0.319 e. The summed E-state index contributed by atoms with van der Waals surface area (Å²) in [5, 5.41) is 24.8. The fourth-order valence-electron chi connectivity index (χ4n) is 2.28. The van der Waals surface area contributed by atoms with Gasteiger partial charge in [-0.05, 0) is 13.0 Å². The molecule has 2 amide bonds. The second-order valence-electron chi connectivity index (χ2n) is 5.70. The van der Waals surface area contributed by atoms with E-state index >= 15 is 0 Å². The second kappa shape index (κ2) is 7.45. The summed E-state index contributed by atoms with van der Waals surface area (Å²) in [4.78, 5) is 12.1. The van der Waals surface area contributed by atoms with Crippen LogP contribution in [-0.2, 0) is 11.3 Å². The van der Waals surface area contributed by atoms with Crippen LogP contribution in [0.3, 0.4) is 0 Å². The van der Waals surface area contributed by atoms with Gasteiger partial charge in [-0.3, -0.25) is 0 Å². The van der Waals surface area contributed by atoms with Gasteiger partial charge in [0.2, 0.25) is 0 Å². The van der Waals surface area contributed by atoms with E-state index in [4.69, 9.17) is 4.74 Å². The Kier molecular flexibility index (Phi) is 5.59. The van der Waals surface area contributed by atoms with Crippen molar-refractivity contribution in [2.24, 2.45) is 0 Å². The summed E-state index contributed by atoms with van der Waals surface area (Å²) in [7, 11) is 1.64. The van der Waals surface area contributed by atoms with E-state index in [-0.39, 0.29) is 13.2 Å². The summed E-state index contributed by atoms with van der Waals surface area (Å²) in [6, 6.07) is 7.25. The number of amides is 2. The predicted molar refractivity (Wildman–Crippen MR) is 88.5 cm³/mol. The highest BCUT2D eigenvalue weighted by molar-refractivity contribution is 6.01. The molecule has 0 fully saturated rings. The van der Waals surface area contributed by atoms with E-state index in [2.05, 4.69) is 10.6 Å². The summed E-state index contributed by atoms with van der Waals surface area (Å²) in [5.74, 6) is 0. The number of aromatic nitrogens is 1. The number of nitrogens with zero attached hydrogens (tertiary/aromatic N) is 1. The monoisotopic (exact) mass is 321 g/mol. The molecule has 23 heavy (non-hydrogen) atoms. The number of carbonyl (C=O) groups excluding carboxylic acids is 1. The molecule has 0 aliphatic carbocycles. The first-order chi connectivity index (χ1) is 11.0. The Hall–Kier alpha value is -2.09. The molecule has 0 spiro atoms. The van der Waals surface area contributed by atoms with Crippen molar-refractivity contribution in [2.75, 3.05) is 32.2 Å². The molecule has 0 radical (unpaired) electrons.